The van der Waals surface area contributed by atoms with E-state index in [1.165, 1.54) is 6.08 Å². The van der Waals surface area contributed by atoms with Crippen molar-refractivity contribution < 1.29 is 4.79 Å². The lowest BCUT2D eigenvalue weighted by molar-refractivity contribution is 0.525. The smallest absolute Gasteiger partial charge is 0.211 e. The Labute approximate surface area is 58.3 Å². The highest BCUT2D eigenvalue weighted by molar-refractivity contribution is 5.33. The van der Waals surface area contributed by atoms with Crippen molar-refractivity contribution >= 4 is 6.08 Å². The first kappa shape index (κ1) is 7.09. The minimum atomic E-state index is -0.0564. The van der Waals surface area contributed by atoms with Crippen molar-refractivity contribution in [1.82, 2.24) is 0 Å². The second-order valence-electron chi connectivity index (χ2n) is 2.69. The Balaban J connectivity index is 2.36. The second-order valence-corrected chi connectivity index (χ2v) is 2.69. The van der Waals surface area contributed by atoms with Gasteiger partial charge in [0.25, 0.3) is 0 Å². The van der Waals surface area contributed by atoms with E-state index in [2.05, 4.69) is 10.2 Å². The summed E-state index contributed by atoms with van der Waals surface area (Å²) < 4.78 is 0. The Morgan fingerprint density at radius 1 is 1.40 bits per heavy atom. The third-order valence-electron chi connectivity index (χ3n) is 1.84. The van der Waals surface area contributed by atoms with Crippen LogP contribution in [0.25, 0.3) is 0 Å². The molecule has 0 heterocycles. The molecule has 0 aromatic carbocycles. The normalized spacial score (nSPS) is 19.2. The molecule has 1 rings (SSSR count). The van der Waals surface area contributed by atoms with Crippen molar-refractivity contribution in [3.05, 3.63) is 4.91 Å². The molecule has 0 N–H and O–H groups in total. The van der Waals surface area contributed by atoms with E-state index in [-0.39, 0.29) is 12.0 Å². The first-order valence-corrected chi connectivity index (χ1v) is 3.16. The number of rotatable bonds is 4. The quantitative estimate of drug-likeness (QED) is 0.330. The minimum Gasteiger partial charge on any atom is -0.211 e. The van der Waals surface area contributed by atoms with Crippen LogP contribution in [0, 0.1) is 10.3 Å². The maximum Gasteiger partial charge on any atom is 0.234 e. The average molecular weight is 140 g/mol. The molecular formula is C6H8N2O2. The predicted octanol–water partition coefficient (Wildman–Crippen LogP) is 0.869. The van der Waals surface area contributed by atoms with Gasteiger partial charge in [-0.3, -0.25) is 0 Å². The van der Waals surface area contributed by atoms with Crippen LogP contribution in [0.1, 0.15) is 12.8 Å². The average Bonchev–Trinajstić information content (AvgIpc) is 2.67. The van der Waals surface area contributed by atoms with Crippen LogP contribution in [-0.2, 0) is 4.79 Å². The zero-order valence-corrected chi connectivity index (χ0v) is 5.54. The van der Waals surface area contributed by atoms with Gasteiger partial charge in [0, 0.05) is 5.41 Å². The Kier molecular flexibility index (Phi) is 1.92. The van der Waals surface area contributed by atoms with Gasteiger partial charge in [-0.1, -0.05) is 5.18 Å². The van der Waals surface area contributed by atoms with Crippen molar-refractivity contribution in [2.24, 2.45) is 15.6 Å². The Bertz CT molecular complexity index is 180. The molecule has 1 aliphatic carbocycles. The summed E-state index contributed by atoms with van der Waals surface area (Å²) >= 11 is 0. The van der Waals surface area contributed by atoms with Gasteiger partial charge in [-0.25, -0.2) is 9.79 Å². The Morgan fingerprint density at radius 2 is 2.10 bits per heavy atom. The molecule has 0 unspecified atom stereocenters. The molecule has 1 fully saturated rings. The SMILES string of the molecule is O=C=NCC1(CN=O)CC1. The van der Waals surface area contributed by atoms with Crippen molar-refractivity contribution in [2.45, 2.75) is 12.8 Å². The monoisotopic (exact) mass is 140 g/mol. The zero-order chi connectivity index (χ0) is 7.45. The summed E-state index contributed by atoms with van der Waals surface area (Å²) in [5.74, 6) is 0. The zero-order valence-electron chi connectivity index (χ0n) is 5.54. The summed E-state index contributed by atoms with van der Waals surface area (Å²) in [5, 5.41) is 2.78. The van der Waals surface area contributed by atoms with Gasteiger partial charge < -0.3 is 0 Å². The molecule has 4 nitrogen and oxygen atoms in total. The van der Waals surface area contributed by atoms with Gasteiger partial charge in [-0.2, -0.15) is 4.91 Å². The number of nitroso groups, excluding NO2 is 1. The van der Waals surface area contributed by atoms with Crippen LogP contribution >= 0.6 is 0 Å². The highest BCUT2D eigenvalue weighted by Gasteiger charge is 2.42. The summed E-state index contributed by atoms with van der Waals surface area (Å²) in [5.41, 5.74) is -0.0564. The third kappa shape index (κ3) is 1.48. The fourth-order valence-corrected chi connectivity index (χ4v) is 0.880. The number of carbonyl (C=O) groups excluding carboxylic acids is 1. The van der Waals surface area contributed by atoms with Gasteiger partial charge in [0.05, 0.1) is 13.1 Å². The lowest BCUT2D eigenvalue weighted by Gasteiger charge is -2.02. The van der Waals surface area contributed by atoms with Crippen molar-refractivity contribution in [1.29, 1.82) is 0 Å². The van der Waals surface area contributed by atoms with Crippen LogP contribution in [-0.4, -0.2) is 19.2 Å². The maximum absolute atomic E-state index is 9.83. The third-order valence-corrected chi connectivity index (χ3v) is 1.84. The Hall–Kier alpha value is -1.02. The number of nitrogens with zero attached hydrogens (tertiary/aromatic N) is 2. The molecule has 54 valence electrons. The lowest BCUT2D eigenvalue weighted by Crippen LogP contribution is -2.08. The molecule has 4 heteroatoms. The largest absolute Gasteiger partial charge is 0.234 e. The van der Waals surface area contributed by atoms with E-state index < -0.39 is 0 Å². The maximum atomic E-state index is 9.83. The van der Waals surface area contributed by atoms with Gasteiger partial charge in [0.1, 0.15) is 0 Å². The van der Waals surface area contributed by atoms with Crippen LogP contribution in [0.15, 0.2) is 10.2 Å². The number of isocyanates is 1. The molecule has 0 amide bonds. The van der Waals surface area contributed by atoms with Crippen LogP contribution in [0.4, 0.5) is 0 Å². The van der Waals surface area contributed by atoms with E-state index in [0.717, 1.165) is 12.8 Å². The molecule has 10 heavy (non-hydrogen) atoms. The lowest BCUT2D eigenvalue weighted by atomic mass is 10.1. The predicted molar refractivity (Wildman–Crippen MR) is 35.3 cm³/mol. The van der Waals surface area contributed by atoms with Gasteiger partial charge in [-0.05, 0) is 12.8 Å². The molecule has 1 saturated carbocycles. The molecule has 0 aromatic rings. The van der Waals surface area contributed by atoms with Gasteiger partial charge in [0.2, 0.25) is 6.08 Å². The Morgan fingerprint density at radius 3 is 2.50 bits per heavy atom. The molecule has 0 bridgehead atoms. The summed E-state index contributed by atoms with van der Waals surface area (Å²) in [6.45, 7) is 0.709. The fraction of sp³-hybridized carbons (Fsp3) is 0.833. The number of hydrogen-bond acceptors (Lipinski definition) is 4. The van der Waals surface area contributed by atoms with E-state index >= 15 is 0 Å². The van der Waals surface area contributed by atoms with Gasteiger partial charge >= 0.3 is 0 Å². The molecule has 0 aliphatic heterocycles. The van der Waals surface area contributed by atoms with Gasteiger partial charge in [0.15, 0.2) is 0 Å². The van der Waals surface area contributed by atoms with E-state index in [1.807, 2.05) is 0 Å². The standard InChI is InChI=1S/C6H8N2O2/c9-5-7-3-6(1-2-6)4-8-10/h1-4H2. The van der Waals surface area contributed by atoms with Crippen LogP contribution < -0.4 is 0 Å². The second kappa shape index (κ2) is 2.71. The van der Waals surface area contributed by atoms with Crippen LogP contribution in [0.5, 0.6) is 0 Å². The number of aliphatic imine (C=N–C) groups is 1. The molecular weight excluding hydrogens is 132 g/mol. The number of hydrogen-bond donors (Lipinski definition) is 0. The van der Waals surface area contributed by atoms with E-state index in [0.29, 0.717) is 6.54 Å². The summed E-state index contributed by atoms with van der Waals surface area (Å²) in [6, 6.07) is 0. The van der Waals surface area contributed by atoms with E-state index in [4.69, 9.17) is 0 Å². The molecule has 0 spiro atoms. The molecule has 0 radical (unpaired) electrons. The molecule has 0 atom stereocenters. The van der Waals surface area contributed by atoms with E-state index in [9.17, 15) is 9.70 Å². The van der Waals surface area contributed by atoms with Crippen molar-refractivity contribution in [3.63, 3.8) is 0 Å². The fourth-order valence-electron chi connectivity index (χ4n) is 0.880. The topological polar surface area (TPSA) is 58.9 Å². The molecule has 0 aromatic heterocycles. The van der Waals surface area contributed by atoms with Crippen molar-refractivity contribution in [2.75, 3.05) is 13.1 Å². The first-order valence-electron chi connectivity index (χ1n) is 3.16. The van der Waals surface area contributed by atoms with Crippen molar-refractivity contribution in [3.8, 4) is 0 Å². The highest BCUT2D eigenvalue weighted by Crippen LogP contribution is 2.45. The van der Waals surface area contributed by atoms with Crippen LogP contribution in [0.2, 0.25) is 0 Å². The molecule has 0 saturated heterocycles. The summed E-state index contributed by atoms with van der Waals surface area (Å²) in [6.07, 6.45) is 3.38. The highest BCUT2D eigenvalue weighted by atomic mass is 16.3. The van der Waals surface area contributed by atoms with E-state index in [1.54, 1.807) is 0 Å². The first-order chi connectivity index (χ1) is 4.83. The van der Waals surface area contributed by atoms with Gasteiger partial charge in [-0.15, -0.1) is 0 Å². The summed E-state index contributed by atoms with van der Waals surface area (Å²) in [7, 11) is 0. The van der Waals surface area contributed by atoms with Crippen LogP contribution in [0.3, 0.4) is 0 Å². The molecule has 1 aliphatic rings. The minimum absolute atomic E-state index is 0.0564. The summed E-state index contributed by atoms with van der Waals surface area (Å²) in [4.78, 5) is 22.9.